The summed E-state index contributed by atoms with van der Waals surface area (Å²) < 4.78 is 10.2. The first-order valence-electron chi connectivity index (χ1n) is 9.96. The second kappa shape index (κ2) is 8.22. The maximum Gasteiger partial charge on any atom is 0.358 e. The van der Waals surface area contributed by atoms with Crippen LogP contribution >= 0.6 is 11.8 Å². The van der Waals surface area contributed by atoms with Crippen molar-refractivity contribution >= 4 is 35.5 Å². The van der Waals surface area contributed by atoms with Crippen LogP contribution in [-0.2, 0) is 28.7 Å². The number of rotatable bonds is 6. The first-order chi connectivity index (χ1) is 13.9. The lowest BCUT2D eigenvalue weighted by molar-refractivity contribution is -0.175. The molecule has 3 aliphatic heterocycles. The van der Waals surface area contributed by atoms with E-state index in [1.807, 2.05) is 6.92 Å². The summed E-state index contributed by atoms with van der Waals surface area (Å²) in [6.07, 6.45) is -0.518. The topological polar surface area (TPSA) is 122 Å². The van der Waals surface area contributed by atoms with E-state index in [9.17, 15) is 24.3 Å². The van der Waals surface area contributed by atoms with Gasteiger partial charge in [0.1, 0.15) is 5.70 Å². The molecule has 10 heteroatoms. The van der Waals surface area contributed by atoms with Crippen LogP contribution in [0.5, 0.6) is 0 Å². The molecule has 0 spiro atoms. The lowest BCUT2D eigenvalue weighted by Crippen LogP contribution is -2.63. The van der Waals surface area contributed by atoms with Gasteiger partial charge in [-0.05, 0) is 27.7 Å². The number of thioether (sulfide) groups is 1. The monoisotopic (exact) mass is 440 g/mol. The summed E-state index contributed by atoms with van der Waals surface area (Å²) >= 11 is 1.38. The van der Waals surface area contributed by atoms with Gasteiger partial charge in [0.2, 0.25) is 18.6 Å². The van der Waals surface area contributed by atoms with Gasteiger partial charge in [-0.1, -0.05) is 6.92 Å². The van der Waals surface area contributed by atoms with Crippen molar-refractivity contribution in [1.29, 1.82) is 0 Å². The number of carbonyl (C=O) groups is 4. The number of β-lactam (4-membered cyclic amide) rings is 1. The van der Waals surface area contributed by atoms with E-state index in [4.69, 9.17) is 9.47 Å². The Morgan fingerprint density at radius 1 is 1.30 bits per heavy atom. The summed E-state index contributed by atoms with van der Waals surface area (Å²) in [5.74, 6) is -2.45. The first kappa shape index (κ1) is 22.6. The minimum atomic E-state index is -0.842. The molecule has 3 rings (SSSR count). The average Bonchev–Trinajstić information content (AvgIpc) is 3.14. The zero-order valence-electron chi connectivity index (χ0n) is 17.8. The number of ether oxygens (including phenoxy) is 2. The number of amides is 2. The molecule has 0 unspecified atom stereocenters. The van der Waals surface area contributed by atoms with Gasteiger partial charge in [-0.15, -0.1) is 11.8 Å². The Kier molecular flexibility index (Phi) is 6.20. The van der Waals surface area contributed by atoms with Crippen LogP contribution in [0.1, 0.15) is 41.0 Å². The van der Waals surface area contributed by atoms with Crippen LogP contribution in [0.15, 0.2) is 10.6 Å². The third-order valence-corrected chi connectivity index (χ3v) is 7.01. The summed E-state index contributed by atoms with van der Waals surface area (Å²) in [4.78, 5) is 51.0. The number of hydrogen-bond donors (Lipinski definition) is 2. The fourth-order valence-corrected chi connectivity index (χ4v) is 5.34. The Balaban J connectivity index is 1.78. The van der Waals surface area contributed by atoms with Crippen molar-refractivity contribution in [3.8, 4) is 0 Å². The molecule has 2 fully saturated rings. The third-order valence-electron chi connectivity index (χ3n) is 5.53. The molecule has 0 bridgehead atoms. The SMILES string of the molecule is C[C@@H](O)[C@H]1C(=O)N2C(C(=O)OCOC(=O)C(C)(C)C)=C(S[C@H]3CNC(=O)C3)[C@H](C)[C@H]12. The van der Waals surface area contributed by atoms with Gasteiger partial charge < -0.3 is 24.8 Å². The van der Waals surface area contributed by atoms with Gasteiger partial charge >= 0.3 is 11.9 Å². The molecular weight excluding hydrogens is 412 g/mol. The van der Waals surface area contributed by atoms with Gasteiger partial charge in [0.25, 0.3) is 0 Å². The fraction of sp³-hybridized carbons (Fsp3) is 0.700. The molecule has 0 aromatic carbocycles. The molecule has 0 radical (unpaired) electrons. The number of nitrogens with one attached hydrogen (secondary N) is 1. The Morgan fingerprint density at radius 2 is 1.97 bits per heavy atom. The van der Waals surface area contributed by atoms with E-state index in [0.29, 0.717) is 17.9 Å². The molecule has 166 valence electrons. The minimum Gasteiger partial charge on any atom is -0.427 e. The van der Waals surface area contributed by atoms with E-state index in [2.05, 4.69) is 5.32 Å². The van der Waals surface area contributed by atoms with Gasteiger partial charge in [0, 0.05) is 29.0 Å². The summed E-state index contributed by atoms with van der Waals surface area (Å²) in [7, 11) is 0. The Hall–Kier alpha value is -2.07. The second-order valence-electron chi connectivity index (χ2n) is 8.95. The number of aliphatic hydroxyl groups excluding tert-OH is 1. The Morgan fingerprint density at radius 3 is 2.50 bits per heavy atom. The molecule has 9 nitrogen and oxygen atoms in total. The Labute approximate surface area is 179 Å². The molecule has 30 heavy (non-hydrogen) atoms. The molecule has 5 atom stereocenters. The van der Waals surface area contributed by atoms with Crippen molar-refractivity contribution in [3.05, 3.63) is 10.6 Å². The molecule has 2 saturated heterocycles. The molecule has 3 heterocycles. The van der Waals surface area contributed by atoms with Crippen molar-refractivity contribution in [1.82, 2.24) is 10.2 Å². The van der Waals surface area contributed by atoms with Crippen molar-refractivity contribution < 1.29 is 33.8 Å². The predicted octanol–water partition coefficient (Wildman–Crippen LogP) is 0.767. The second-order valence-corrected chi connectivity index (χ2v) is 10.3. The quantitative estimate of drug-likeness (QED) is 0.353. The number of esters is 2. The maximum absolute atomic E-state index is 12.9. The predicted molar refractivity (Wildman–Crippen MR) is 108 cm³/mol. The number of nitrogens with zero attached hydrogens (tertiary/aromatic N) is 1. The van der Waals surface area contributed by atoms with Gasteiger partial charge in [0.15, 0.2) is 0 Å². The van der Waals surface area contributed by atoms with Crippen LogP contribution < -0.4 is 5.32 Å². The highest BCUT2D eigenvalue weighted by Gasteiger charge is 2.60. The largest absolute Gasteiger partial charge is 0.427 e. The first-order valence-corrected chi connectivity index (χ1v) is 10.8. The molecule has 3 aliphatic rings. The van der Waals surface area contributed by atoms with E-state index < -0.39 is 36.2 Å². The standard InChI is InChI=1S/C20H28N2O7S/c1-9-14-13(10(2)23)17(25)22(14)15(16(9)30-11-6-12(24)21-7-11)18(26)28-8-29-19(27)20(3,4)5/h9-11,13-14,23H,6-8H2,1-5H3,(H,21,24)/t9-,10-,11-,13-,14-/m1/s1. The van der Waals surface area contributed by atoms with Crippen LogP contribution in [0.25, 0.3) is 0 Å². The normalized spacial score (nSPS) is 29.3. The van der Waals surface area contributed by atoms with Gasteiger partial charge in [-0.2, -0.15) is 0 Å². The van der Waals surface area contributed by atoms with Crippen molar-refractivity contribution in [2.45, 2.75) is 58.4 Å². The van der Waals surface area contributed by atoms with Gasteiger partial charge in [-0.3, -0.25) is 14.4 Å². The van der Waals surface area contributed by atoms with Crippen LogP contribution in [0.4, 0.5) is 0 Å². The van der Waals surface area contributed by atoms with E-state index in [-0.39, 0.29) is 34.7 Å². The molecule has 0 aromatic heterocycles. The number of fused-ring (bicyclic) bond motifs is 1. The molecule has 0 aliphatic carbocycles. The highest BCUT2D eigenvalue weighted by molar-refractivity contribution is 8.03. The minimum absolute atomic E-state index is 0.0572. The molecule has 2 amide bonds. The maximum atomic E-state index is 12.9. The smallest absolute Gasteiger partial charge is 0.358 e. The molecular formula is C20H28N2O7S. The van der Waals surface area contributed by atoms with Crippen molar-refractivity contribution in [2.24, 2.45) is 17.3 Å². The Bertz CT molecular complexity index is 801. The summed E-state index contributed by atoms with van der Waals surface area (Å²) in [5.41, 5.74) is -0.620. The van der Waals surface area contributed by atoms with Gasteiger partial charge in [0.05, 0.1) is 23.5 Å². The third kappa shape index (κ3) is 4.07. The highest BCUT2D eigenvalue weighted by Crippen LogP contribution is 2.51. The number of carbonyl (C=O) groups excluding carboxylic acids is 4. The van der Waals surface area contributed by atoms with Crippen molar-refractivity contribution in [3.63, 3.8) is 0 Å². The van der Waals surface area contributed by atoms with E-state index in [0.717, 1.165) is 0 Å². The van der Waals surface area contributed by atoms with E-state index >= 15 is 0 Å². The summed E-state index contributed by atoms with van der Waals surface area (Å²) in [6, 6.07) is -0.343. The lowest BCUT2D eigenvalue weighted by atomic mass is 9.79. The van der Waals surface area contributed by atoms with Crippen molar-refractivity contribution in [2.75, 3.05) is 13.3 Å². The van der Waals surface area contributed by atoms with E-state index in [1.54, 1.807) is 27.7 Å². The molecule has 0 saturated carbocycles. The van der Waals surface area contributed by atoms with Gasteiger partial charge in [-0.25, -0.2) is 4.79 Å². The number of hydrogen-bond acceptors (Lipinski definition) is 8. The lowest BCUT2D eigenvalue weighted by Gasteiger charge is -2.46. The van der Waals surface area contributed by atoms with E-state index in [1.165, 1.54) is 16.7 Å². The zero-order valence-corrected chi connectivity index (χ0v) is 18.6. The zero-order chi connectivity index (χ0) is 22.4. The molecule has 2 N–H and O–H groups in total. The molecule has 0 aromatic rings. The number of aliphatic hydroxyl groups is 1. The van der Waals surface area contributed by atoms with Crippen LogP contribution in [-0.4, -0.2) is 64.5 Å². The highest BCUT2D eigenvalue weighted by atomic mass is 32.2. The fourth-order valence-electron chi connectivity index (χ4n) is 3.93. The summed E-state index contributed by atoms with van der Waals surface area (Å²) in [6.45, 7) is 8.42. The van der Waals surface area contributed by atoms with Crippen LogP contribution in [0.3, 0.4) is 0 Å². The average molecular weight is 441 g/mol. The van der Waals surface area contributed by atoms with Crippen LogP contribution in [0, 0.1) is 17.3 Å². The van der Waals surface area contributed by atoms with Crippen LogP contribution in [0.2, 0.25) is 0 Å². The summed E-state index contributed by atoms with van der Waals surface area (Å²) in [5, 5.41) is 12.7.